The zero-order chi connectivity index (χ0) is 11.4. The van der Waals surface area contributed by atoms with Crippen molar-refractivity contribution in [3.63, 3.8) is 0 Å². The van der Waals surface area contributed by atoms with Gasteiger partial charge in [0.15, 0.2) is 0 Å². The van der Waals surface area contributed by atoms with E-state index in [0.717, 1.165) is 16.9 Å². The summed E-state index contributed by atoms with van der Waals surface area (Å²) >= 11 is 0. The second-order valence-corrected chi connectivity index (χ2v) is 3.36. The Balaban J connectivity index is 2.05. The largest absolute Gasteiger partial charge is 0.348 e. The molecule has 4 heteroatoms. The van der Waals surface area contributed by atoms with Crippen molar-refractivity contribution < 1.29 is 4.79 Å². The van der Waals surface area contributed by atoms with E-state index in [0.29, 0.717) is 6.54 Å². The van der Waals surface area contributed by atoms with Crippen molar-refractivity contribution in [1.82, 2.24) is 15.3 Å². The fourth-order valence-corrected chi connectivity index (χ4v) is 1.43. The summed E-state index contributed by atoms with van der Waals surface area (Å²) in [6, 6.07) is 7.71. The minimum Gasteiger partial charge on any atom is -0.348 e. The Morgan fingerprint density at radius 1 is 1.50 bits per heavy atom. The molecule has 0 aliphatic heterocycles. The molecule has 0 aliphatic carbocycles. The van der Waals surface area contributed by atoms with Gasteiger partial charge in [-0.05, 0) is 12.1 Å². The molecule has 1 amide bonds. The highest BCUT2D eigenvalue weighted by atomic mass is 16.1. The number of terminal acetylenes is 1. The summed E-state index contributed by atoms with van der Waals surface area (Å²) in [4.78, 5) is 18.6. The second-order valence-electron chi connectivity index (χ2n) is 3.36. The number of H-pyrrole nitrogens is 1. The number of aromatic nitrogens is 2. The van der Waals surface area contributed by atoms with Crippen molar-refractivity contribution in [3.05, 3.63) is 30.1 Å². The van der Waals surface area contributed by atoms with Crippen LogP contribution in [0.25, 0.3) is 11.0 Å². The molecule has 16 heavy (non-hydrogen) atoms. The molecule has 0 atom stereocenters. The van der Waals surface area contributed by atoms with Crippen LogP contribution in [0, 0.1) is 12.3 Å². The lowest BCUT2D eigenvalue weighted by Gasteiger charge is -1.98. The highest BCUT2D eigenvalue weighted by Gasteiger charge is 2.03. The van der Waals surface area contributed by atoms with Crippen LogP contribution in [-0.4, -0.2) is 15.9 Å². The van der Waals surface area contributed by atoms with Gasteiger partial charge in [0.1, 0.15) is 5.82 Å². The SMILES string of the molecule is C#CCC(=O)NCc1nc2ccccc2[nH]1. The van der Waals surface area contributed by atoms with E-state index in [1.54, 1.807) is 0 Å². The maximum absolute atomic E-state index is 11.1. The van der Waals surface area contributed by atoms with Crippen LogP contribution in [0.1, 0.15) is 12.2 Å². The van der Waals surface area contributed by atoms with E-state index in [1.165, 1.54) is 0 Å². The number of carbonyl (C=O) groups excluding carboxylic acids is 1. The van der Waals surface area contributed by atoms with Crippen LogP contribution in [0.3, 0.4) is 0 Å². The number of nitrogens with one attached hydrogen (secondary N) is 2. The summed E-state index contributed by atoms with van der Waals surface area (Å²) < 4.78 is 0. The van der Waals surface area contributed by atoms with E-state index < -0.39 is 0 Å². The van der Waals surface area contributed by atoms with Crippen LogP contribution >= 0.6 is 0 Å². The zero-order valence-electron chi connectivity index (χ0n) is 8.66. The molecule has 0 spiro atoms. The first-order valence-electron chi connectivity index (χ1n) is 4.93. The summed E-state index contributed by atoms with van der Waals surface area (Å²) in [5, 5.41) is 2.69. The monoisotopic (exact) mass is 213 g/mol. The normalized spacial score (nSPS) is 9.94. The molecule has 0 radical (unpaired) electrons. The highest BCUT2D eigenvalue weighted by molar-refractivity contribution is 5.78. The first-order chi connectivity index (χ1) is 7.79. The minimum atomic E-state index is -0.164. The maximum Gasteiger partial charge on any atom is 0.232 e. The number of imidazole rings is 1. The maximum atomic E-state index is 11.1. The molecule has 2 N–H and O–H groups in total. The number of benzene rings is 1. The molecule has 1 heterocycles. The van der Waals surface area contributed by atoms with Gasteiger partial charge in [-0.15, -0.1) is 6.42 Å². The number of aromatic amines is 1. The van der Waals surface area contributed by atoms with E-state index in [-0.39, 0.29) is 12.3 Å². The predicted molar refractivity (Wildman–Crippen MR) is 61.4 cm³/mol. The summed E-state index contributed by atoms with van der Waals surface area (Å²) in [6.07, 6.45) is 5.12. The molecule has 0 saturated heterocycles. The van der Waals surface area contributed by atoms with Gasteiger partial charge in [-0.1, -0.05) is 18.1 Å². The van der Waals surface area contributed by atoms with Crippen LogP contribution < -0.4 is 5.32 Å². The lowest BCUT2D eigenvalue weighted by Crippen LogP contribution is -2.22. The summed E-state index contributed by atoms with van der Waals surface area (Å²) in [5.74, 6) is 2.85. The Kier molecular flexibility index (Phi) is 2.88. The number of hydrogen-bond acceptors (Lipinski definition) is 2. The van der Waals surface area contributed by atoms with Crippen LogP contribution in [0.15, 0.2) is 24.3 Å². The molecule has 1 aromatic carbocycles. The number of hydrogen-bond donors (Lipinski definition) is 2. The van der Waals surface area contributed by atoms with Gasteiger partial charge in [-0.2, -0.15) is 0 Å². The lowest BCUT2D eigenvalue weighted by molar-refractivity contribution is -0.120. The van der Waals surface area contributed by atoms with Gasteiger partial charge in [-0.25, -0.2) is 4.98 Å². The quantitative estimate of drug-likeness (QED) is 0.753. The van der Waals surface area contributed by atoms with Crippen LogP contribution in [0.4, 0.5) is 0 Å². The predicted octanol–water partition coefficient (Wildman–Crippen LogP) is 1.20. The van der Waals surface area contributed by atoms with Gasteiger partial charge in [-0.3, -0.25) is 4.79 Å². The third-order valence-electron chi connectivity index (χ3n) is 2.15. The van der Waals surface area contributed by atoms with E-state index >= 15 is 0 Å². The molecule has 2 aromatic rings. The Labute approximate surface area is 93.1 Å². The highest BCUT2D eigenvalue weighted by Crippen LogP contribution is 2.09. The van der Waals surface area contributed by atoms with Crippen molar-refractivity contribution in [1.29, 1.82) is 0 Å². The molecule has 80 valence electrons. The molecule has 4 nitrogen and oxygen atoms in total. The van der Waals surface area contributed by atoms with E-state index in [1.807, 2.05) is 24.3 Å². The van der Waals surface area contributed by atoms with Crippen LogP contribution in [0.2, 0.25) is 0 Å². The van der Waals surface area contributed by atoms with Gasteiger partial charge >= 0.3 is 0 Å². The lowest BCUT2D eigenvalue weighted by atomic mass is 10.3. The third kappa shape index (κ3) is 2.20. The topological polar surface area (TPSA) is 57.8 Å². The van der Waals surface area contributed by atoms with Crippen molar-refractivity contribution in [2.45, 2.75) is 13.0 Å². The second kappa shape index (κ2) is 4.49. The summed E-state index contributed by atoms with van der Waals surface area (Å²) in [6.45, 7) is 0.370. The van der Waals surface area contributed by atoms with E-state index in [2.05, 4.69) is 21.2 Å². The number of amides is 1. The smallest absolute Gasteiger partial charge is 0.232 e. The van der Waals surface area contributed by atoms with Gasteiger partial charge < -0.3 is 10.3 Å². The van der Waals surface area contributed by atoms with Crippen molar-refractivity contribution in [2.24, 2.45) is 0 Å². The first kappa shape index (κ1) is 10.2. The fraction of sp³-hybridized carbons (Fsp3) is 0.167. The van der Waals surface area contributed by atoms with Gasteiger partial charge in [0.05, 0.1) is 24.0 Å². The zero-order valence-corrected chi connectivity index (χ0v) is 8.66. The average molecular weight is 213 g/mol. The van der Waals surface area contributed by atoms with Gasteiger partial charge in [0.25, 0.3) is 0 Å². The van der Waals surface area contributed by atoms with Crippen molar-refractivity contribution in [3.8, 4) is 12.3 Å². The van der Waals surface area contributed by atoms with Crippen LogP contribution in [0.5, 0.6) is 0 Å². The number of nitrogens with zero attached hydrogens (tertiary/aromatic N) is 1. The molecule has 0 unspecified atom stereocenters. The standard InChI is InChI=1S/C12H11N3O/c1-2-5-12(16)13-8-11-14-9-6-3-4-7-10(9)15-11/h1,3-4,6-7H,5,8H2,(H,13,16)(H,14,15). The van der Waals surface area contributed by atoms with E-state index in [4.69, 9.17) is 6.42 Å². The van der Waals surface area contributed by atoms with E-state index in [9.17, 15) is 4.79 Å². The molecule has 2 rings (SSSR count). The Hall–Kier alpha value is -2.28. The fourth-order valence-electron chi connectivity index (χ4n) is 1.43. The minimum absolute atomic E-state index is 0.0974. The average Bonchev–Trinajstić information content (AvgIpc) is 2.69. The van der Waals surface area contributed by atoms with Crippen molar-refractivity contribution >= 4 is 16.9 Å². The molecule has 0 fully saturated rings. The summed E-state index contributed by atoms with van der Waals surface area (Å²) in [5.41, 5.74) is 1.85. The number of fused-ring (bicyclic) bond motifs is 1. The molecule has 0 aliphatic rings. The summed E-state index contributed by atoms with van der Waals surface area (Å²) in [7, 11) is 0. The Morgan fingerprint density at radius 3 is 3.06 bits per heavy atom. The molecule has 0 bridgehead atoms. The molecule has 0 saturated carbocycles. The third-order valence-corrected chi connectivity index (χ3v) is 2.15. The van der Waals surface area contributed by atoms with Crippen molar-refractivity contribution in [2.75, 3.05) is 0 Å². The van der Waals surface area contributed by atoms with Gasteiger partial charge in [0.2, 0.25) is 5.91 Å². The molecule has 1 aromatic heterocycles. The number of rotatable bonds is 3. The molecular weight excluding hydrogens is 202 g/mol. The molecular formula is C12H11N3O. The first-order valence-corrected chi connectivity index (χ1v) is 4.93. The Bertz CT molecular complexity index is 518. The Morgan fingerprint density at radius 2 is 2.31 bits per heavy atom. The number of para-hydroxylation sites is 2. The number of carbonyl (C=O) groups is 1. The van der Waals surface area contributed by atoms with Gasteiger partial charge in [0, 0.05) is 0 Å². The van der Waals surface area contributed by atoms with Crippen LogP contribution in [-0.2, 0) is 11.3 Å².